The van der Waals surface area contributed by atoms with Crippen LogP contribution in [0.3, 0.4) is 0 Å². The van der Waals surface area contributed by atoms with Crippen molar-refractivity contribution in [1.29, 1.82) is 0 Å². The van der Waals surface area contributed by atoms with Crippen molar-refractivity contribution >= 4 is 22.5 Å². The summed E-state index contributed by atoms with van der Waals surface area (Å²) in [5, 5.41) is 1.93. The van der Waals surface area contributed by atoms with E-state index in [1.807, 2.05) is 26.0 Å². The van der Waals surface area contributed by atoms with Gasteiger partial charge in [-0.2, -0.15) is 0 Å². The second-order valence-corrected chi connectivity index (χ2v) is 5.09. The maximum atomic E-state index is 6.13. The molecule has 0 spiro atoms. The van der Waals surface area contributed by atoms with Crippen molar-refractivity contribution in [2.75, 3.05) is 0 Å². The number of benzene rings is 1. The highest BCUT2D eigenvalue weighted by Gasteiger charge is 2.08. The lowest BCUT2D eigenvalue weighted by molar-refractivity contribution is 0.724. The lowest BCUT2D eigenvalue weighted by Gasteiger charge is -2.11. The van der Waals surface area contributed by atoms with E-state index >= 15 is 0 Å². The molecule has 0 aliphatic heterocycles. The van der Waals surface area contributed by atoms with Gasteiger partial charge < -0.3 is 5.73 Å². The molecule has 1 unspecified atom stereocenters. The van der Waals surface area contributed by atoms with Crippen LogP contribution in [0.25, 0.3) is 10.9 Å². The van der Waals surface area contributed by atoms with Crippen LogP contribution in [-0.4, -0.2) is 11.0 Å². The number of fused-ring (bicyclic) bond motifs is 1. The van der Waals surface area contributed by atoms with Gasteiger partial charge in [-0.15, -0.1) is 0 Å². The Morgan fingerprint density at radius 2 is 2.06 bits per heavy atom. The molecule has 0 radical (unpaired) electrons. The van der Waals surface area contributed by atoms with Gasteiger partial charge in [0.25, 0.3) is 0 Å². The lowest BCUT2D eigenvalue weighted by Crippen LogP contribution is -2.18. The molecular weight excluding hydrogens is 232 g/mol. The molecule has 0 aliphatic carbocycles. The molecule has 2 nitrogen and oxygen atoms in total. The molecule has 0 bridgehead atoms. The highest BCUT2D eigenvalue weighted by atomic mass is 35.5. The second-order valence-electron chi connectivity index (χ2n) is 4.68. The molecule has 2 rings (SSSR count). The standard InChI is InChI=1S/C14H17ClN2/c1-8-6-11(7-9(2)16)17-14-10(3)13(15)5-4-12(8)14/h4-6,9H,7,16H2,1-3H3. The number of hydrogen-bond donors (Lipinski definition) is 1. The summed E-state index contributed by atoms with van der Waals surface area (Å²) < 4.78 is 0. The van der Waals surface area contributed by atoms with E-state index in [9.17, 15) is 0 Å². The van der Waals surface area contributed by atoms with Gasteiger partial charge in [0.15, 0.2) is 0 Å². The first kappa shape index (κ1) is 12.3. The van der Waals surface area contributed by atoms with Gasteiger partial charge in [0.1, 0.15) is 0 Å². The number of halogens is 1. The van der Waals surface area contributed by atoms with Crippen LogP contribution in [0.5, 0.6) is 0 Å². The fraction of sp³-hybridized carbons (Fsp3) is 0.357. The van der Waals surface area contributed by atoms with E-state index in [0.29, 0.717) is 0 Å². The van der Waals surface area contributed by atoms with Crippen molar-refractivity contribution < 1.29 is 0 Å². The molecular formula is C14H17ClN2. The van der Waals surface area contributed by atoms with Gasteiger partial charge in [-0.1, -0.05) is 17.7 Å². The van der Waals surface area contributed by atoms with Gasteiger partial charge in [-0.05, 0) is 44.0 Å². The maximum absolute atomic E-state index is 6.13. The summed E-state index contributed by atoms with van der Waals surface area (Å²) >= 11 is 6.13. The Balaban J connectivity index is 2.66. The Labute approximate surface area is 107 Å². The third kappa shape index (κ3) is 2.43. The van der Waals surface area contributed by atoms with Gasteiger partial charge in [0, 0.05) is 28.6 Å². The van der Waals surface area contributed by atoms with E-state index in [4.69, 9.17) is 17.3 Å². The van der Waals surface area contributed by atoms with E-state index in [0.717, 1.165) is 28.2 Å². The van der Waals surface area contributed by atoms with Gasteiger partial charge >= 0.3 is 0 Å². The third-order valence-corrected chi connectivity index (χ3v) is 3.37. The molecule has 2 N–H and O–H groups in total. The molecule has 1 aromatic carbocycles. The summed E-state index contributed by atoms with van der Waals surface area (Å²) in [5.74, 6) is 0. The normalized spacial score (nSPS) is 13.0. The van der Waals surface area contributed by atoms with Crippen molar-refractivity contribution in [3.05, 3.63) is 40.0 Å². The molecule has 17 heavy (non-hydrogen) atoms. The van der Waals surface area contributed by atoms with Crippen LogP contribution in [0.4, 0.5) is 0 Å². The van der Waals surface area contributed by atoms with Crippen LogP contribution in [0.1, 0.15) is 23.7 Å². The predicted molar refractivity (Wildman–Crippen MR) is 73.6 cm³/mol. The topological polar surface area (TPSA) is 38.9 Å². The minimum Gasteiger partial charge on any atom is -0.328 e. The summed E-state index contributed by atoms with van der Waals surface area (Å²) in [5.41, 5.74) is 10.1. The van der Waals surface area contributed by atoms with Crippen LogP contribution in [0.2, 0.25) is 5.02 Å². The zero-order valence-electron chi connectivity index (χ0n) is 10.4. The number of aryl methyl sites for hydroxylation is 2. The highest BCUT2D eigenvalue weighted by molar-refractivity contribution is 6.32. The molecule has 3 heteroatoms. The first-order chi connectivity index (χ1) is 7.99. The Kier molecular flexibility index (Phi) is 3.36. The van der Waals surface area contributed by atoms with Crippen LogP contribution in [-0.2, 0) is 6.42 Å². The fourth-order valence-corrected chi connectivity index (χ4v) is 2.23. The Morgan fingerprint density at radius 3 is 2.71 bits per heavy atom. The molecule has 0 saturated carbocycles. The average Bonchev–Trinajstić information content (AvgIpc) is 2.23. The zero-order chi connectivity index (χ0) is 12.6. The number of pyridine rings is 1. The summed E-state index contributed by atoms with van der Waals surface area (Å²) in [6, 6.07) is 6.19. The number of aromatic nitrogens is 1. The van der Waals surface area contributed by atoms with Crippen molar-refractivity contribution in [1.82, 2.24) is 4.98 Å². The largest absolute Gasteiger partial charge is 0.328 e. The van der Waals surface area contributed by atoms with Gasteiger partial charge in [0.05, 0.1) is 5.52 Å². The van der Waals surface area contributed by atoms with Crippen molar-refractivity contribution in [2.45, 2.75) is 33.2 Å². The average molecular weight is 249 g/mol. The minimum atomic E-state index is 0.124. The van der Waals surface area contributed by atoms with Crippen LogP contribution >= 0.6 is 11.6 Å². The van der Waals surface area contributed by atoms with Crippen molar-refractivity contribution in [3.63, 3.8) is 0 Å². The molecule has 0 amide bonds. The van der Waals surface area contributed by atoms with Crippen molar-refractivity contribution in [2.24, 2.45) is 5.73 Å². The number of hydrogen-bond acceptors (Lipinski definition) is 2. The van der Waals surface area contributed by atoms with Gasteiger partial charge in [-0.25, -0.2) is 0 Å². The van der Waals surface area contributed by atoms with Crippen molar-refractivity contribution in [3.8, 4) is 0 Å². The molecule has 0 saturated heterocycles. The summed E-state index contributed by atoms with van der Waals surface area (Å²) in [4.78, 5) is 4.67. The smallest absolute Gasteiger partial charge is 0.0751 e. The van der Waals surface area contributed by atoms with E-state index in [1.54, 1.807) is 0 Å². The van der Waals surface area contributed by atoms with E-state index in [2.05, 4.69) is 18.0 Å². The maximum Gasteiger partial charge on any atom is 0.0751 e. The molecule has 0 fully saturated rings. The predicted octanol–water partition coefficient (Wildman–Crippen LogP) is 3.39. The van der Waals surface area contributed by atoms with Gasteiger partial charge in [-0.3, -0.25) is 4.98 Å². The van der Waals surface area contributed by atoms with Crippen LogP contribution < -0.4 is 5.73 Å². The van der Waals surface area contributed by atoms with E-state index < -0.39 is 0 Å². The Bertz CT molecular complexity index is 562. The zero-order valence-corrected chi connectivity index (χ0v) is 11.2. The monoisotopic (exact) mass is 248 g/mol. The van der Waals surface area contributed by atoms with Gasteiger partial charge in [0.2, 0.25) is 0 Å². The fourth-order valence-electron chi connectivity index (χ4n) is 2.08. The number of rotatable bonds is 2. The van der Waals surface area contributed by atoms with E-state index in [-0.39, 0.29) is 6.04 Å². The number of nitrogens with zero attached hydrogens (tertiary/aromatic N) is 1. The lowest BCUT2D eigenvalue weighted by atomic mass is 10.0. The summed E-state index contributed by atoms with van der Waals surface area (Å²) in [6.07, 6.45) is 0.794. The quantitative estimate of drug-likeness (QED) is 0.885. The second kappa shape index (κ2) is 4.63. The summed E-state index contributed by atoms with van der Waals surface area (Å²) in [6.45, 7) is 6.10. The van der Waals surface area contributed by atoms with Crippen LogP contribution in [0.15, 0.2) is 18.2 Å². The summed E-state index contributed by atoms with van der Waals surface area (Å²) in [7, 11) is 0. The SMILES string of the molecule is Cc1cc(CC(C)N)nc2c(C)c(Cl)ccc12. The molecule has 1 aromatic heterocycles. The number of nitrogens with two attached hydrogens (primary N) is 1. The molecule has 2 aromatic rings. The highest BCUT2D eigenvalue weighted by Crippen LogP contribution is 2.26. The molecule has 0 aliphatic rings. The molecule has 1 heterocycles. The Morgan fingerprint density at radius 1 is 1.35 bits per heavy atom. The Hall–Kier alpha value is -1.12. The van der Waals surface area contributed by atoms with E-state index in [1.165, 1.54) is 10.9 Å². The van der Waals surface area contributed by atoms with Crippen LogP contribution in [0, 0.1) is 13.8 Å². The first-order valence-electron chi connectivity index (χ1n) is 5.80. The molecule has 1 atom stereocenters. The third-order valence-electron chi connectivity index (χ3n) is 2.96. The molecule has 90 valence electrons. The minimum absolute atomic E-state index is 0.124. The first-order valence-corrected chi connectivity index (χ1v) is 6.17.